The number of thioether (sulfide) groups is 4. The lowest BCUT2D eigenvalue weighted by Gasteiger charge is -2.13. The van der Waals surface area contributed by atoms with E-state index >= 15 is 0 Å². The third-order valence-electron chi connectivity index (χ3n) is 5.98. The maximum absolute atomic E-state index is 6.03. The van der Waals surface area contributed by atoms with Gasteiger partial charge in [0.15, 0.2) is 23.0 Å². The molecule has 14 heteroatoms. The van der Waals surface area contributed by atoms with Crippen LogP contribution in [0.2, 0.25) is 0 Å². The van der Waals surface area contributed by atoms with E-state index in [1.807, 2.05) is 83.4 Å². The zero-order chi connectivity index (χ0) is 32.3. The van der Waals surface area contributed by atoms with Gasteiger partial charge in [-0.1, -0.05) is 31.9 Å². The van der Waals surface area contributed by atoms with Gasteiger partial charge >= 0.3 is 0 Å². The fraction of sp³-hybridized carbons (Fsp3) is 0.625. The summed E-state index contributed by atoms with van der Waals surface area (Å²) < 4.78 is 48.9. The minimum atomic E-state index is 0.605. The summed E-state index contributed by atoms with van der Waals surface area (Å²) in [6.07, 6.45) is 0. The molecule has 2 aromatic carbocycles. The van der Waals surface area contributed by atoms with Gasteiger partial charge in [-0.15, -0.1) is 0 Å². The molecule has 260 valence electrons. The third kappa shape index (κ3) is 19.7. The van der Waals surface area contributed by atoms with Crippen molar-refractivity contribution in [1.29, 1.82) is 0 Å². The van der Waals surface area contributed by atoms with Crippen molar-refractivity contribution in [1.82, 2.24) is 0 Å². The molecule has 1 heterocycles. The molecule has 0 amide bonds. The topological polar surface area (TPSA) is 73.8 Å². The van der Waals surface area contributed by atoms with Gasteiger partial charge in [0.05, 0.1) is 79.3 Å². The first kappa shape index (κ1) is 40.3. The summed E-state index contributed by atoms with van der Waals surface area (Å²) >= 11 is 14.3. The van der Waals surface area contributed by atoms with Gasteiger partial charge in [-0.25, -0.2) is 0 Å². The Bertz CT molecular complexity index is 978. The van der Waals surface area contributed by atoms with Crippen LogP contribution in [0.25, 0.3) is 0 Å². The van der Waals surface area contributed by atoms with Crippen molar-refractivity contribution in [3.05, 3.63) is 45.3 Å². The molecule has 2 aromatic rings. The van der Waals surface area contributed by atoms with Gasteiger partial charge < -0.3 is 37.9 Å². The van der Waals surface area contributed by atoms with Crippen molar-refractivity contribution in [2.24, 2.45) is 0 Å². The minimum absolute atomic E-state index is 0.605. The lowest BCUT2D eigenvalue weighted by molar-refractivity contribution is 0.0605. The van der Waals surface area contributed by atoms with Crippen LogP contribution < -0.4 is 18.9 Å². The Labute approximate surface area is 308 Å². The van der Waals surface area contributed by atoms with Gasteiger partial charge in [-0.2, -0.15) is 47.0 Å². The summed E-state index contributed by atoms with van der Waals surface area (Å²) in [7, 11) is 0. The standard InChI is InChI=1S/C32H46Br2O8S4/c33-27-1-3-29-31(25-27)41-15-23-45-19-11-37-8-6-36-10-18-44-22-14-40-30-4-2-28(34)26-32(30)42-16-24-46-20-12-38-7-5-35-9-17-43-21-13-39-29/h1-4,25-26H,5-24H2. The van der Waals surface area contributed by atoms with Crippen LogP contribution in [0.5, 0.6) is 23.0 Å². The first-order valence-corrected chi connectivity index (χ1v) is 21.6. The van der Waals surface area contributed by atoms with E-state index in [0.29, 0.717) is 79.3 Å². The fourth-order valence-electron chi connectivity index (χ4n) is 3.79. The molecule has 0 saturated carbocycles. The normalized spacial score (nSPS) is 19.5. The number of hydrogen-bond acceptors (Lipinski definition) is 12. The Kier molecular flexibility index (Phi) is 24.2. The monoisotopic (exact) mass is 844 g/mol. The van der Waals surface area contributed by atoms with Crippen molar-refractivity contribution in [2.45, 2.75) is 0 Å². The first-order valence-electron chi connectivity index (χ1n) is 15.4. The van der Waals surface area contributed by atoms with E-state index in [4.69, 9.17) is 37.9 Å². The van der Waals surface area contributed by atoms with E-state index in [1.54, 1.807) is 0 Å². The molecular weight excluding hydrogens is 800 g/mol. The van der Waals surface area contributed by atoms with Crippen LogP contribution in [0, 0.1) is 0 Å². The molecule has 1 aliphatic rings. The summed E-state index contributed by atoms with van der Waals surface area (Å²) in [4.78, 5) is 0. The van der Waals surface area contributed by atoms with E-state index in [-0.39, 0.29) is 0 Å². The number of benzene rings is 2. The van der Waals surface area contributed by atoms with E-state index in [0.717, 1.165) is 78.0 Å². The van der Waals surface area contributed by atoms with Crippen LogP contribution >= 0.6 is 78.9 Å². The highest BCUT2D eigenvalue weighted by molar-refractivity contribution is 9.10. The molecule has 0 radical (unpaired) electrons. The molecule has 0 aromatic heterocycles. The van der Waals surface area contributed by atoms with Crippen LogP contribution in [0.3, 0.4) is 0 Å². The highest BCUT2D eigenvalue weighted by Crippen LogP contribution is 2.32. The largest absolute Gasteiger partial charge is 0.489 e. The maximum Gasteiger partial charge on any atom is 0.162 e. The second-order valence-electron chi connectivity index (χ2n) is 9.47. The van der Waals surface area contributed by atoms with Crippen molar-refractivity contribution < 1.29 is 37.9 Å². The third-order valence-corrected chi connectivity index (χ3v) is 10.6. The molecule has 0 saturated heterocycles. The average molecular weight is 847 g/mol. The van der Waals surface area contributed by atoms with Gasteiger partial charge in [-0.05, 0) is 36.4 Å². The molecule has 0 N–H and O–H groups in total. The van der Waals surface area contributed by atoms with Crippen molar-refractivity contribution in [3.8, 4) is 23.0 Å². The Morgan fingerprint density at radius 2 is 0.630 bits per heavy atom. The number of hydrogen-bond donors (Lipinski definition) is 0. The van der Waals surface area contributed by atoms with Crippen LogP contribution in [0.15, 0.2) is 45.3 Å². The Morgan fingerprint density at radius 1 is 0.348 bits per heavy atom. The van der Waals surface area contributed by atoms with Crippen molar-refractivity contribution in [2.75, 3.05) is 125 Å². The van der Waals surface area contributed by atoms with Crippen LogP contribution in [0.4, 0.5) is 0 Å². The van der Waals surface area contributed by atoms with E-state index in [9.17, 15) is 0 Å². The number of ether oxygens (including phenoxy) is 8. The van der Waals surface area contributed by atoms with E-state index in [2.05, 4.69) is 31.9 Å². The smallest absolute Gasteiger partial charge is 0.162 e. The molecule has 0 aliphatic carbocycles. The fourth-order valence-corrected chi connectivity index (χ4v) is 7.04. The highest BCUT2D eigenvalue weighted by atomic mass is 79.9. The second-order valence-corrected chi connectivity index (χ2v) is 16.2. The molecule has 8 nitrogen and oxygen atoms in total. The van der Waals surface area contributed by atoms with Gasteiger partial charge in [-0.3, -0.25) is 0 Å². The molecule has 46 heavy (non-hydrogen) atoms. The van der Waals surface area contributed by atoms with Crippen LogP contribution in [-0.4, -0.2) is 125 Å². The predicted molar refractivity (Wildman–Crippen MR) is 203 cm³/mol. The molecule has 0 bridgehead atoms. The lowest BCUT2D eigenvalue weighted by atomic mass is 10.3. The van der Waals surface area contributed by atoms with Crippen LogP contribution in [-0.2, 0) is 18.9 Å². The zero-order valence-electron chi connectivity index (χ0n) is 26.3. The minimum Gasteiger partial charge on any atom is -0.489 e. The summed E-state index contributed by atoms with van der Waals surface area (Å²) in [5.41, 5.74) is 0. The highest BCUT2D eigenvalue weighted by Gasteiger charge is 2.08. The first-order chi connectivity index (χ1) is 22.7. The van der Waals surface area contributed by atoms with Gasteiger partial charge in [0, 0.05) is 55.0 Å². The maximum atomic E-state index is 6.03. The molecule has 0 unspecified atom stereocenters. The number of halogens is 2. The summed E-state index contributed by atoms with van der Waals surface area (Å²) in [5.74, 6) is 10.2. The lowest BCUT2D eigenvalue weighted by Crippen LogP contribution is -2.10. The van der Waals surface area contributed by atoms with Gasteiger partial charge in [0.2, 0.25) is 0 Å². The molecule has 0 spiro atoms. The van der Waals surface area contributed by atoms with E-state index in [1.165, 1.54) is 0 Å². The molecule has 0 atom stereocenters. The number of fused-ring (bicyclic) bond motifs is 2. The summed E-state index contributed by atoms with van der Waals surface area (Å²) in [6, 6.07) is 11.8. The second kappa shape index (κ2) is 27.6. The molecule has 3 rings (SSSR count). The van der Waals surface area contributed by atoms with Crippen molar-refractivity contribution in [3.63, 3.8) is 0 Å². The molecule has 1 aliphatic heterocycles. The predicted octanol–water partition coefficient (Wildman–Crippen LogP) is 7.44. The molecular formula is C32H46Br2O8S4. The number of rotatable bonds is 0. The van der Waals surface area contributed by atoms with Crippen molar-refractivity contribution >= 4 is 78.9 Å². The Balaban J connectivity index is 1.35. The summed E-state index contributed by atoms with van der Waals surface area (Å²) in [5, 5.41) is 0. The van der Waals surface area contributed by atoms with Gasteiger partial charge in [0.1, 0.15) is 0 Å². The van der Waals surface area contributed by atoms with E-state index < -0.39 is 0 Å². The Morgan fingerprint density at radius 3 is 0.957 bits per heavy atom. The average Bonchev–Trinajstić information content (AvgIpc) is 3.05. The van der Waals surface area contributed by atoms with Crippen LogP contribution in [0.1, 0.15) is 0 Å². The quantitative estimate of drug-likeness (QED) is 0.265. The van der Waals surface area contributed by atoms with Gasteiger partial charge in [0.25, 0.3) is 0 Å². The molecule has 0 fully saturated rings. The zero-order valence-corrected chi connectivity index (χ0v) is 32.7. The SMILES string of the molecule is Brc1ccc2c(c1)OCCSCCOCCOCCSCCOc1ccc(Br)cc1OCCSCCOCCOCCSCCO2. The Hall–Kier alpha value is -0.160. The summed E-state index contributed by atoms with van der Waals surface area (Å²) in [6.45, 7) is 7.65.